The fourth-order valence-corrected chi connectivity index (χ4v) is 3.86. The lowest BCUT2D eigenvalue weighted by molar-refractivity contribution is 0.415. The molecule has 0 N–H and O–H groups in total. The van der Waals surface area contributed by atoms with Crippen molar-refractivity contribution in [2.75, 3.05) is 13.4 Å². The van der Waals surface area contributed by atoms with Crippen molar-refractivity contribution in [1.82, 2.24) is 4.98 Å². The largest absolute Gasteiger partial charge is 0.497 e. The molecule has 0 aliphatic rings. The van der Waals surface area contributed by atoms with Gasteiger partial charge in [-0.25, -0.2) is 13.4 Å². The van der Waals surface area contributed by atoms with Crippen LogP contribution in [0.2, 0.25) is 0 Å². The highest BCUT2D eigenvalue weighted by Gasteiger charge is 2.18. The van der Waals surface area contributed by atoms with Crippen LogP contribution in [0, 0.1) is 0 Å². The molecular formula is C24H21NO4S. The van der Waals surface area contributed by atoms with Crippen LogP contribution in [-0.4, -0.2) is 26.8 Å². The number of hydrogen-bond donors (Lipinski definition) is 0. The molecule has 152 valence electrons. The zero-order valence-electron chi connectivity index (χ0n) is 16.7. The number of oxazole rings is 1. The van der Waals surface area contributed by atoms with E-state index in [0.717, 1.165) is 22.4 Å². The molecule has 1 heterocycles. The van der Waals surface area contributed by atoms with E-state index in [9.17, 15) is 8.42 Å². The summed E-state index contributed by atoms with van der Waals surface area (Å²) in [6.45, 7) is 0. The van der Waals surface area contributed by atoms with Crippen LogP contribution in [0.25, 0.3) is 22.6 Å². The predicted molar refractivity (Wildman–Crippen MR) is 116 cm³/mol. The summed E-state index contributed by atoms with van der Waals surface area (Å²) in [5.41, 5.74) is 3.40. The highest BCUT2D eigenvalue weighted by Crippen LogP contribution is 2.35. The number of hydrogen-bond acceptors (Lipinski definition) is 5. The van der Waals surface area contributed by atoms with Crippen LogP contribution < -0.4 is 4.74 Å². The van der Waals surface area contributed by atoms with E-state index in [0.29, 0.717) is 23.8 Å². The smallest absolute Gasteiger partial charge is 0.199 e. The maximum Gasteiger partial charge on any atom is 0.199 e. The van der Waals surface area contributed by atoms with E-state index in [1.807, 2.05) is 54.6 Å². The van der Waals surface area contributed by atoms with Crippen molar-refractivity contribution in [1.29, 1.82) is 0 Å². The molecule has 0 fully saturated rings. The van der Waals surface area contributed by atoms with E-state index in [4.69, 9.17) is 14.1 Å². The Hall–Kier alpha value is -3.38. The topological polar surface area (TPSA) is 69.4 Å². The van der Waals surface area contributed by atoms with Crippen LogP contribution in [-0.2, 0) is 16.3 Å². The van der Waals surface area contributed by atoms with E-state index in [1.54, 1.807) is 31.4 Å². The number of methoxy groups -OCH3 is 1. The Labute approximate surface area is 175 Å². The second-order valence-corrected chi connectivity index (χ2v) is 8.99. The van der Waals surface area contributed by atoms with Gasteiger partial charge in [0.05, 0.1) is 12.0 Å². The lowest BCUT2D eigenvalue weighted by Crippen LogP contribution is -1.96. The molecule has 4 aromatic rings. The normalized spacial score (nSPS) is 11.4. The van der Waals surface area contributed by atoms with Gasteiger partial charge in [0, 0.05) is 23.8 Å². The first-order chi connectivity index (χ1) is 14.4. The minimum atomic E-state index is -3.27. The quantitative estimate of drug-likeness (QED) is 0.439. The van der Waals surface area contributed by atoms with Gasteiger partial charge >= 0.3 is 0 Å². The molecular weight excluding hydrogens is 398 g/mol. The Morgan fingerprint density at radius 2 is 1.63 bits per heavy atom. The number of benzene rings is 3. The van der Waals surface area contributed by atoms with Gasteiger partial charge in [0.25, 0.3) is 0 Å². The summed E-state index contributed by atoms with van der Waals surface area (Å²) in [7, 11) is -1.65. The van der Waals surface area contributed by atoms with Gasteiger partial charge in [-0.1, -0.05) is 42.5 Å². The Kier molecular flexibility index (Phi) is 5.42. The fraction of sp³-hybridized carbons (Fsp3) is 0.125. The van der Waals surface area contributed by atoms with Crippen molar-refractivity contribution in [3.8, 4) is 28.3 Å². The first kappa shape index (κ1) is 19.9. The lowest BCUT2D eigenvalue weighted by atomic mass is 10.1. The molecule has 0 aliphatic heterocycles. The van der Waals surface area contributed by atoms with Crippen LogP contribution in [0.3, 0.4) is 0 Å². The predicted octanol–water partition coefficient (Wildman–Crippen LogP) is 5.01. The minimum Gasteiger partial charge on any atom is -0.497 e. The van der Waals surface area contributed by atoms with Crippen LogP contribution >= 0.6 is 0 Å². The van der Waals surface area contributed by atoms with Gasteiger partial charge in [0.1, 0.15) is 11.4 Å². The zero-order chi connectivity index (χ0) is 21.1. The van der Waals surface area contributed by atoms with Gasteiger partial charge in [-0.3, -0.25) is 0 Å². The van der Waals surface area contributed by atoms with Crippen LogP contribution in [0.15, 0.2) is 88.2 Å². The van der Waals surface area contributed by atoms with Crippen molar-refractivity contribution in [2.24, 2.45) is 0 Å². The molecule has 0 spiro atoms. The number of rotatable bonds is 6. The van der Waals surface area contributed by atoms with Gasteiger partial charge in [-0.15, -0.1) is 0 Å². The molecule has 0 saturated heterocycles. The molecule has 0 bridgehead atoms. The summed E-state index contributed by atoms with van der Waals surface area (Å²) >= 11 is 0. The van der Waals surface area contributed by atoms with Gasteiger partial charge < -0.3 is 9.15 Å². The van der Waals surface area contributed by atoms with Crippen LogP contribution in [0.1, 0.15) is 11.5 Å². The van der Waals surface area contributed by atoms with Gasteiger partial charge in [-0.05, 0) is 42.0 Å². The van der Waals surface area contributed by atoms with Gasteiger partial charge in [-0.2, -0.15) is 0 Å². The fourth-order valence-electron chi connectivity index (χ4n) is 3.23. The van der Waals surface area contributed by atoms with E-state index in [2.05, 4.69) is 0 Å². The van der Waals surface area contributed by atoms with E-state index >= 15 is 0 Å². The van der Waals surface area contributed by atoms with Crippen molar-refractivity contribution < 1.29 is 17.6 Å². The molecule has 0 aliphatic carbocycles. The van der Waals surface area contributed by atoms with Crippen molar-refractivity contribution in [3.05, 3.63) is 90.3 Å². The summed E-state index contributed by atoms with van der Waals surface area (Å²) in [5.74, 6) is 1.90. The van der Waals surface area contributed by atoms with Gasteiger partial charge in [0.2, 0.25) is 0 Å². The molecule has 0 atom stereocenters. The highest BCUT2D eigenvalue weighted by atomic mass is 32.2. The summed E-state index contributed by atoms with van der Waals surface area (Å²) in [5, 5.41) is 0. The average Bonchev–Trinajstić information content (AvgIpc) is 3.18. The molecule has 4 rings (SSSR count). The number of sulfone groups is 1. The third kappa shape index (κ3) is 4.28. The Morgan fingerprint density at radius 1 is 0.900 bits per heavy atom. The maximum atomic E-state index is 11.8. The molecule has 5 nitrogen and oxygen atoms in total. The minimum absolute atomic E-state index is 0.262. The van der Waals surface area contributed by atoms with E-state index in [1.165, 1.54) is 6.26 Å². The summed E-state index contributed by atoms with van der Waals surface area (Å²) in [6, 6.07) is 24.2. The average molecular weight is 420 g/mol. The van der Waals surface area contributed by atoms with Crippen molar-refractivity contribution in [3.63, 3.8) is 0 Å². The van der Waals surface area contributed by atoms with Crippen LogP contribution in [0.5, 0.6) is 5.75 Å². The third-order valence-corrected chi connectivity index (χ3v) is 5.89. The first-order valence-corrected chi connectivity index (χ1v) is 11.3. The lowest BCUT2D eigenvalue weighted by Gasteiger charge is -2.05. The number of nitrogens with zero attached hydrogens (tertiary/aromatic N) is 1. The Morgan fingerprint density at radius 3 is 2.30 bits per heavy atom. The van der Waals surface area contributed by atoms with Crippen LogP contribution in [0.4, 0.5) is 0 Å². The Bertz CT molecular complexity index is 1260. The molecule has 6 heteroatoms. The first-order valence-electron chi connectivity index (χ1n) is 9.42. The molecule has 1 aromatic heterocycles. The molecule has 0 amide bonds. The zero-order valence-corrected chi connectivity index (χ0v) is 17.5. The van der Waals surface area contributed by atoms with E-state index in [-0.39, 0.29) is 4.90 Å². The van der Waals surface area contributed by atoms with Crippen molar-refractivity contribution in [2.45, 2.75) is 11.3 Å². The second-order valence-electron chi connectivity index (χ2n) is 6.98. The molecule has 3 aromatic carbocycles. The van der Waals surface area contributed by atoms with Gasteiger partial charge in [0.15, 0.2) is 21.5 Å². The molecule has 0 unspecified atom stereocenters. The maximum absolute atomic E-state index is 11.8. The SMILES string of the molecule is COc1cccc(-c2nc(Cc3ccccc3)oc2-c2ccc(S(C)(=O)=O)cc2)c1. The van der Waals surface area contributed by atoms with Crippen molar-refractivity contribution >= 4 is 9.84 Å². The number of aromatic nitrogens is 1. The molecule has 0 radical (unpaired) electrons. The number of ether oxygens (including phenoxy) is 1. The molecule has 30 heavy (non-hydrogen) atoms. The van der Waals surface area contributed by atoms with E-state index < -0.39 is 9.84 Å². The third-order valence-electron chi connectivity index (χ3n) is 4.76. The summed E-state index contributed by atoms with van der Waals surface area (Å²) in [6.07, 6.45) is 1.75. The summed E-state index contributed by atoms with van der Waals surface area (Å²) in [4.78, 5) is 5.02. The standard InChI is InChI=1S/C24H21NO4S/c1-28-20-10-6-9-19(16-20)23-24(18-11-13-21(14-12-18)30(2,26)27)29-22(25-23)15-17-7-4-3-5-8-17/h3-14,16H,15H2,1-2H3. The second kappa shape index (κ2) is 8.16. The molecule has 0 saturated carbocycles. The summed E-state index contributed by atoms with van der Waals surface area (Å²) < 4.78 is 35.1. The highest BCUT2D eigenvalue weighted by molar-refractivity contribution is 7.90. The monoisotopic (exact) mass is 419 g/mol. The Balaban J connectivity index is 1.80.